The first-order valence-corrected chi connectivity index (χ1v) is 7.19. The third-order valence-corrected chi connectivity index (χ3v) is 3.48. The standard InChI is InChI=1S/C16H17FN2O3.ClH/c17-11-1-3-13(4-2-11)21-10-14-5-6-15(22-14)16(20)19-12-7-8-18-9-12;/h1-6,12,18H,7-10H2,(H,19,20);1H. The normalized spacial score (nSPS) is 16.7. The summed E-state index contributed by atoms with van der Waals surface area (Å²) in [6, 6.07) is 9.21. The van der Waals surface area contributed by atoms with Crippen molar-refractivity contribution in [1.29, 1.82) is 0 Å². The van der Waals surface area contributed by atoms with E-state index >= 15 is 0 Å². The molecule has 2 N–H and O–H groups in total. The summed E-state index contributed by atoms with van der Waals surface area (Å²) in [7, 11) is 0. The van der Waals surface area contributed by atoms with Crippen molar-refractivity contribution in [2.24, 2.45) is 0 Å². The van der Waals surface area contributed by atoms with Crippen LogP contribution in [0.5, 0.6) is 5.75 Å². The van der Waals surface area contributed by atoms with Crippen LogP contribution in [0.4, 0.5) is 4.39 Å². The minimum Gasteiger partial charge on any atom is -0.486 e. The zero-order chi connectivity index (χ0) is 15.4. The fraction of sp³-hybridized carbons (Fsp3) is 0.312. The van der Waals surface area contributed by atoms with E-state index in [1.54, 1.807) is 24.3 Å². The molecule has 124 valence electrons. The molecule has 1 aliphatic rings. The van der Waals surface area contributed by atoms with Crippen LogP contribution < -0.4 is 15.4 Å². The maximum Gasteiger partial charge on any atom is 0.287 e. The molecule has 0 spiro atoms. The Morgan fingerprint density at radius 3 is 2.78 bits per heavy atom. The molecule has 5 nitrogen and oxygen atoms in total. The highest BCUT2D eigenvalue weighted by Crippen LogP contribution is 2.15. The van der Waals surface area contributed by atoms with Crippen molar-refractivity contribution in [2.45, 2.75) is 19.1 Å². The molecule has 1 atom stereocenters. The summed E-state index contributed by atoms with van der Waals surface area (Å²) in [5, 5.41) is 6.10. The average Bonchev–Trinajstić information content (AvgIpc) is 3.18. The van der Waals surface area contributed by atoms with Gasteiger partial charge in [0.1, 0.15) is 23.9 Å². The van der Waals surface area contributed by atoms with Crippen LogP contribution >= 0.6 is 12.4 Å². The van der Waals surface area contributed by atoms with Crippen LogP contribution in [-0.2, 0) is 6.61 Å². The fourth-order valence-corrected chi connectivity index (χ4v) is 2.30. The van der Waals surface area contributed by atoms with Gasteiger partial charge in [0.25, 0.3) is 5.91 Å². The number of amides is 1. The third kappa shape index (κ3) is 4.71. The van der Waals surface area contributed by atoms with Crippen molar-refractivity contribution in [3.63, 3.8) is 0 Å². The molecule has 0 saturated carbocycles. The molecule has 1 fully saturated rings. The zero-order valence-corrected chi connectivity index (χ0v) is 13.2. The number of carbonyl (C=O) groups excluding carboxylic acids is 1. The lowest BCUT2D eigenvalue weighted by molar-refractivity contribution is 0.0908. The Morgan fingerprint density at radius 1 is 1.30 bits per heavy atom. The molecule has 7 heteroatoms. The number of nitrogens with one attached hydrogen (secondary N) is 2. The van der Waals surface area contributed by atoms with E-state index in [9.17, 15) is 9.18 Å². The van der Waals surface area contributed by atoms with E-state index in [1.165, 1.54) is 12.1 Å². The molecule has 1 amide bonds. The van der Waals surface area contributed by atoms with Crippen molar-refractivity contribution < 1.29 is 18.3 Å². The number of hydrogen-bond acceptors (Lipinski definition) is 4. The number of ether oxygens (including phenoxy) is 1. The van der Waals surface area contributed by atoms with E-state index in [4.69, 9.17) is 9.15 Å². The second-order valence-corrected chi connectivity index (χ2v) is 5.17. The number of benzene rings is 1. The van der Waals surface area contributed by atoms with Gasteiger partial charge in [0, 0.05) is 12.6 Å². The van der Waals surface area contributed by atoms with Gasteiger partial charge < -0.3 is 19.8 Å². The van der Waals surface area contributed by atoms with Crippen molar-refractivity contribution in [3.05, 3.63) is 53.7 Å². The number of carbonyl (C=O) groups is 1. The maximum absolute atomic E-state index is 12.8. The summed E-state index contributed by atoms with van der Waals surface area (Å²) < 4.78 is 23.7. The maximum atomic E-state index is 12.8. The summed E-state index contributed by atoms with van der Waals surface area (Å²) in [5.74, 6) is 0.817. The van der Waals surface area contributed by atoms with Crippen molar-refractivity contribution >= 4 is 18.3 Å². The summed E-state index contributed by atoms with van der Waals surface area (Å²) in [4.78, 5) is 12.0. The largest absolute Gasteiger partial charge is 0.486 e. The van der Waals surface area contributed by atoms with Crippen molar-refractivity contribution in [1.82, 2.24) is 10.6 Å². The van der Waals surface area contributed by atoms with Crippen molar-refractivity contribution in [3.8, 4) is 5.75 Å². The van der Waals surface area contributed by atoms with Gasteiger partial charge in [0.2, 0.25) is 0 Å². The number of rotatable bonds is 5. The lowest BCUT2D eigenvalue weighted by atomic mass is 10.2. The van der Waals surface area contributed by atoms with E-state index in [0.29, 0.717) is 11.5 Å². The highest BCUT2D eigenvalue weighted by Gasteiger charge is 2.19. The van der Waals surface area contributed by atoms with E-state index in [-0.39, 0.29) is 42.5 Å². The number of furan rings is 1. The Morgan fingerprint density at radius 2 is 2.09 bits per heavy atom. The minimum atomic E-state index is -0.314. The second-order valence-electron chi connectivity index (χ2n) is 5.17. The molecule has 2 heterocycles. The third-order valence-electron chi connectivity index (χ3n) is 3.48. The second kappa shape index (κ2) is 7.99. The van der Waals surface area contributed by atoms with Gasteiger partial charge in [-0.25, -0.2) is 4.39 Å². The van der Waals surface area contributed by atoms with E-state index in [0.717, 1.165) is 19.5 Å². The van der Waals surface area contributed by atoms with Crippen LogP contribution in [0.1, 0.15) is 22.7 Å². The zero-order valence-electron chi connectivity index (χ0n) is 12.4. The lowest BCUT2D eigenvalue weighted by Gasteiger charge is -2.09. The summed E-state index contributed by atoms with van der Waals surface area (Å²) in [5.41, 5.74) is 0. The van der Waals surface area contributed by atoms with Crippen LogP contribution in [0.25, 0.3) is 0 Å². The lowest BCUT2D eigenvalue weighted by Crippen LogP contribution is -2.35. The van der Waals surface area contributed by atoms with Crippen LogP contribution in [0.15, 0.2) is 40.8 Å². The van der Waals surface area contributed by atoms with Gasteiger partial charge in [-0.05, 0) is 49.4 Å². The summed E-state index contributed by atoms with van der Waals surface area (Å²) >= 11 is 0. The topological polar surface area (TPSA) is 63.5 Å². The Hall–Kier alpha value is -2.05. The SMILES string of the molecule is Cl.O=C(NC1CCNC1)c1ccc(COc2ccc(F)cc2)o1. The molecule has 2 aromatic rings. The van der Waals surface area contributed by atoms with Gasteiger partial charge in [-0.1, -0.05) is 0 Å². The molecule has 1 aromatic heterocycles. The molecule has 0 bridgehead atoms. The van der Waals surface area contributed by atoms with Gasteiger partial charge in [-0.15, -0.1) is 12.4 Å². The molecular weight excluding hydrogens is 323 g/mol. The Bertz CT molecular complexity index is 639. The van der Waals surface area contributed by atoms with E-state index in [2.05, 4.69) is 10.6 Å². The molecular formula is C16H18ClFN2O3. The first-order valence-electron chi connectivity index (χ1n) is 7.19. The van der Waals surface area contributed by atoms with Crippen LogP contribution in [0, 0.1) is 5.82 Å². The first kappa shape index (κ1) is 17.3. The predicted molar refractivity (Wildman–Crippen MR) is 85.4 cm³/mol. The molecule has 1 aliphatic heterocycles. The Kier molecular flexibility index (Phi) is 6.01. The smallest absolute Gasteiger partial charge is 0.287 e. The van der Waals surface area contributed by atoms with Gasteiger partial charge in [0.05, 0.1) is 0 Å². The first-order chi connectivity index (χ1) is 10.7. The molecule has 1 unspecified atom stereocenters. The summed E-state index contributed by atoms with van der Waals surface area (Å²) in [6.07, 6.45) is 0.924. The molecule has 23 heavy (non-hydrogen) atoms. The van der Waals surface area contributed by atoms with E-state index < -0.39 is 0 Å². The monoisotopic (exact) mass is 340 g/mol. The number of hydrogen-bond donors (Lipinski definition) is 2. The van der Waals surface area contributed by atoms with Gasteiger partial charge >= 0.3 is 0 Å². The average molecular weight is 341 g/mol. The summed E-state index contributed by atoms with van der Waals surface area (Å²) in [6.45, 7) is 1.89. The molecule has 0 radical (unpaired) electrons. The highest BCUT2D eigenvalue weighted by atomic mass is 35.5. The quantitative estimate of drug-likeness (QED) is 0.878. The predicted octanol–water partition coefficient (Wildman–Crippen LogP) is 2.51. The van der Waals surface area contributed by atoms with Crippen LogP contribution in [-0.4, -0.2) is 25.0 Å². The van der Waals surface area contributed by atoms with Gasteiger partial charge in [-0.2, -0.15) is 0 Å². The van der Waals surface area contributed by atoms with Crippen molar-refractivity contribution in [2.75, 3.05) is 13.1 Å². The Balaban J connectivity index is 0.00000192. The highest BCUT2D eigenvalue weighted by molar-refractivity contribution is 5.91. The minimum absolute atomic E-state index is 0. The van der Waals surface area contributed by atoms with Gasteiger partial charge in [0.15, 0.2) is 5.76 Å². The Labute approximate surface area is 139 Å². The number of halogens is 2. The molecule has 1 aromatic carbocycles. The van der Waals surface area contributed by atoms with E-state index in [1.807, 2.05) is 0 Å². The molecule has 0 aliphatic carbocycles. The van der Waals surface area contributed by atoms with Crippen LogP contribution in [0.3, 0.4) is 0 Å². The van der Waals surface area contributed by atoms with Crippen LogP contribution in [0.2, 0.25) is 0 Å². The van der Waals surface area contributed by atoms with Gasteiger partial charge in [-0.3, -0.25) is 4.79 Å². The fourth-order valence-electron chi connectivity index (χ4n) is 2.30. The molecule has 3 rings (SSSR count). The molecule has 1 saturated heterocycles.